The molecule has 1 aromatic carbocycles. The van der Waals surface area contributed by atoms with Crippen molar-refractivity contribution in [1.82, 2.24) is 4.90 Å². The fourth-order valence-electron chi connectivity index (χ4n) is 1.39. The van der Waals surface area contributed by atoms with Crippen molar-refractivity contribution in [2.24, 2.45) is 0 Å². The molecule has 19 heavy (non-hydrogen) atoms. The topological polar surface area (TPSA) is 12.5 Å². The van der Waals surface area contributed by atoms with Crippen LogP contribution in [0.4, 0.5) is 13.2 Å². The summed E-state index contributed by atoms with van der Waals surface area (Å²) in [5.74, 6) is -0.196. The van der Waals surface area contributed by atoms with Crippen LogP contribution in [0.5, 0.6) is 5.75 Å². The molecule has 0 saturated carbocycles. The van der Waals surface area contributed by atoms with Gasteiger partial charge < -0.3 is 4.74 Å². The molecule has 108 valence electrons. The smallest absolute Gasteiger partial charge is 0.406 e. The first kappa shape index (κ1) is 16.3. The van der Waals surface area contributed by atoms with Gasteiger partial charge in [0.2, 0.25) is 0 Å². The maximum Gasteiger partial charge on any atom is 0.573 e. The van der Waals surface area contributed by atoms with Crippen molar-refractivity contribution in [3.8, 4) is 5.75 Å². The zero-order chi connectivity index (χ0) is 14.7. The van der Waals surface area contributed by atoms with Gasteiger partial charge in [0.15, 0.2) is 0 Å². The second-order valence-corrected chi connectivity index (χ2v) is 5.55. The Morgan fingerprint density at radius 1 is 1.16 bits per heavy atom. The molecule has 0 unspecified atom stereocenters. The normalized spacial score (nSPS) is 12.8. The number of benzene rings is 1. The van der Waals surface area contributed by atoms with Crippen LogP contribution in [0.1, 0.15) is 19.4 Å². The van der Waals surface area contributed by atoms with Gasteiger partial charge in [-0.2, -0.15) is 0 Å². The number of hydrogen-bond donors (Lipinski definition) is 0. The molecule has 0 aliphatic rings. The van der Waals surface area contributed by atoms with Gasteiger partial charge in [0.1, 0.15) is 5.75 Å². The van der Waals surface area contributed by atoms with Gasteiger partial charge in [-0.05, 0) is 38.6 Å². The molecule has 2 nitrogen and oxygen atoms in total. The van der Waals surface area contributed by atoms with Crippen LogP contribution >= 0.6 is 15.9 Å². The van der Waals surface area contributed by atoms with Gasteiger partial charge in [0, 0.05) is 17.4 Å². The molecule has 0 aliphatic carbocycles. The van der Waals surface area contributed by atoms with Crippen molar-refractivity contribution in [3.05, 3.63) is 29.8 Å². The molecule has 0 heterocycles. The first-order chi connectivity index (χ1) is 8.64. The second-order valence-electron chi connectivity index (χ2n) is 4.99. The number of rotatable bonds is 5. The summed E-state index contributed by atoms with van der Waals surface area (Å²) in [6.45, 7) is 4.83. The highest BCUT2D eigenvalue weighted by atomic mass is 79.9. The zero-order valence-corrected chi connectivity index (χ0v) is 12.7. The molecule has 0 N–H and O–H groups in total. The molecular weight excluding hydrogens is 323 g/mol. The van der Waals surface area contributed by atoms with Crippen molar-refractivity contribution in [3.63, 3.8) is 0 Å². The molecule has 1 rings (SSSR count). The van der Waals surface area contributed by atoms with Gasteiger partial charge in [-0.25, -0.2) is 0 Å². The Bertz CT molecular complexity index is 403. The van der Waals surface area contributed by atoms with Crippen molar-refractivity contribution >= 4 is 15.9 Å². The van der Waals surface area contributed by atoms with Crippen LogP contribution in [-0.4, -0.2) is 29.2 Å². The number of halogens is 4. The van der Waals surface area contributed by atoms with Crippen LogP contribution in [0.15, 0.2) is 24.3 Å². The lowest BCUT2D eigenvalue weighted by Crippen LogP contribution is -2.41. The summed E-state index contributed by atoms with van der Waals surface area (Å²) in [5, 5.41) is 0.811. The highest BCUT2D eigenvalue weighted by molar-refractivity contribution is 9.09. The van der Waals surface area contributed by atoms with Gasteiger partial charge >= 0.3 is 6.36 Å². The largest absolute Gasteiger partial charge is 0.573 e. The summed E-state index contributed by atoms with van der Waals surface area (Å²) in [7, 11) is 1.97. The van der Waals surface area contributed by atoms with E-state index in [1.54, 1.807) is 12.1 Å². The molecule has 0 aliphatic heterocycles. The highest BCUT2D eigenvalue weighted by Crippen LogP contribution is 2.24. The van der Waals surface area contributed by atoms with Gasteiger partial charge in [-0.1, -0.05) is 28.1 Å². The van der Waals surface area contributed by atoms with E-state index < -0.39 is 6.36 Å². The second kappa shape index (κ2) is 6.13. The molecule has 1 aromatic rings. The summed E-state index contributed by atoms with van der Waals surface area (Å²) in [6, 6.07) is 5.94. The quantitative estimate of drug-likeness (QED) is 0.746. The summed E-state index contributed by atoms with van der Waals surface area (Å²) in [5.41, 5.74) is 0.910. The number of hydrogen-bond acceptors (Lipinski definition) is 2. The minimum atomic E-state index is -4.64. The maximum absolute atomic E-state index is 12.0. The lowest BCUT2D eigenvalue weighted by molar-refractivity contribution is -0.274. The maximum atomic E-state index is 12.0. The van der Waals surface area contributed by atoms with E-state index in [2.05, 4.69) is 39.4 Å². The third kappa shape index (κ3) is 5.40. The van der Waals surface area contributed by atoms with Crippen LogP contribution in [0.25, 0.3) is 0 Å². The standard InChI is InChI=1S/C13H17BrF3NO/c1-12(2,9-14)18(3)8-10-4-6-11(7-5-10)19-13(15,16)17/h4-7H,8-9H2,1-3H3. The minimum Gasteiger partial charge on any atom is -0.406 e. The van der Waals surface area contributed by atoms with Crippen LogP contribution < -0.4 is 4.74 Å². The number of alkyl halides is 4. The van der Waals surface area contributed by atoms with Gasteiger partial charge in [0.25, 0.3) is 0 Å². The SMILES string of the molecule is CN(Cc1ccc(OC(F)(F)F)cc1)C(C)(C)CBr. The van der Waals surface area contributed by atoms with E-state index in [-0.39, 0.29) is 11.3 Å². The third-order valence-electron chi connectivity index (χ3n) is 2.94. The predicted octanol–water partition coefficient (Wildman–Crippen LogP) is 4.19. The lowest BCUT2D eigenvalue weighted by Gasteiger charge is -2.34. The van der Waals surface area contributed by atoms with Gasteiger partial charge in [0.05, 0.1) is 0 Å². The first-order valence-corrected chi connectivity index (χ1v) is 6.88. The summed E-state index contributed by atoms with van der Waals surface area (Å²) in [4.78, 5) is 2.13. The summed E-state index contributed by atoms with van der Waals surface area (Å²) in [6.07, 6.45) is -4.64. The van der Waals surface area contributed by atoms with Crippen molar-refractivity contribution < 1.29 is 17.9 Å². The molecule has 0 amide bonds. The fourth-order valence-corrected chi connectivity index (χ4v) is 1.81. The van der Waals surface area contributed by atoms with E-state index in [9.17, 15) is 13.2 Å². The molecule has 0 aromatic heterocycles. The predicted molar refractivity (Wildman–Crippen MR) is 72.5 cm³/mol. The number of ether oxygens (including phenoxy) is 1. The molecule has 0 spiro atoms. The minimum absolute atomic E-state index is 0.0266. The van der Waals surface area contributed by atoms with Crippen LogP contribution in [0.2, 0.25) is 0 Å². The average molecular weight is 340 g/mol. The van der Waals surface area contributed by atoms with Crippen molar-refractivity contribution in [2.45, 2.75) is 32.3 Å². The Balaban J connectivity index is 2.67. The van der Waals surface area contributed by atoms with E-state index in [4.69, 9.17) is 0 Å². The van der Waals surface area contributed by atoms with E-state index in [0.29, 0.717) is 6.54 Å². The third-order valence-corrected chi connectivity index (χ3v) is 4.31. The summed E-state index contributed by atoms with van der Waals surface area (Å²) >= 11 is 3.44. The monoisotopic (exact) mass is 339 g/mol. The fraction of sp³-hybridized carbons (Fsp3) is 0.538. The molecule has 0 fully saturated rings. The Labute approximate surface area is 119 Å². The van der Waals surface area contributed by atoms with E-state index in [0.717, 1.165) is 10.9 Å². The van der Waals surface area contributed by atoms with Crippen LogP contribution in [0, 0.1) is 0 Å². The van der Waals surface area contributed by atoms with E-state index in [1.165, 1.54) is 12.1 Å². The van der Waals surface area contributed by atoms with E-state index >= 15 is 0 Å². The highest BCUT2D eigenvalue weighted by Gasteiger charge is 2.31. The average Bonchev–Trinajstić information content (AvgIpc) is 2.29. The van der Waals surface area contributed by atoms with Crippen molar-refractivity contribution in [1.29, 1.82) is 0 Å². The van der Waals surface area contributed by atoms with Crippen LogP contribution in [0.3, 0.4) is 0 Å². The Morgan fingerprint density at radius 3 is 2.11 bits per heavy atom. The molecular formula is C13H17BrF3NO. The first-order valence-electron chi connectivity index (χ1n) is 5.76. The Hall–Kier alpha value is -0.750. The molecule has 0 atom stereocenters. The number of nitrogens with zero attached hydrogens (tertiary/aromatic N) is 1. The molecule has 0 radical (unpaired) electrons. The molecule has 6 heteroatoms. The van der Waals surface area contributed by atoms with Gasteiger partial charge in [-0.15, -0.1) is 13.2 Å². The molecule has 0 bridgehead atoms. The zero-order valence-electron chi connectivity index (χ0n) is 11.1. The molecule has 0 saturated heterocycles. The Morgan fingerprint density at radius 2 is 1.68 bits per heavy atom. The Kier molecular flexibility index (Phi) is 5.26. The lowest BCUT2D eigenvalue weighted by atomic mass is 10.1. The van der Waals surface area contributed by atoms with Gasteiger partial charge in [-0.3, -0.25) is 4.90 Å². The van der Waals surface area contributed by atoms with E-state index in [1.807, 2.05) is 7.05 Å². The van der Waals surface area contributed by atoms with Crippen LogP contribution in [-0.2, 0) is 6.54 Å². The van der Waals surface area contributed by atoms with Crippen molar-refractivity contribution in [2.75, 3.05) is 12.4 Å². The summed E-state index contributed by atoms with van der Waals surface area (Å²) < 4.78 is 39.9.